The predicted octanol–water partition coefficient (Wildman–Crippen LogP) is 10.1. The van der Waals surface area contributed by atoms with Gasteiger partial charge in [-0.1, -0.05) is 66.4 Å². The lowest BCUT2D eigenvalue weighted by Crippen LogP contribution is -2.47. The highest BCUT2D eigenvalue weighted by Gasteiger charge is 2.33. The Bertz CT molecular complexity index is 2000. The normalized spacial score (nSPS) is 14.1. The van der Waals surface area contributed by atoms with E-state index < -0.39 is 11.7 Å². The van der Waals surface area contributed by atoms with Crippen molar-refractivity contribution in [2.75, 3.05) is 69.3 Å². The number of thiocarbonyl (C=S) groups is 1. The van der Waals surface area contributed by atoms with Gasteiger partial charge >= 0.3 is 6.18 Å². The molecular formula is C41H45Cl2F3N4O2S2. The molecule has 0 radical (unpaired) electrons. The van der Waals surface area contributed by atoms with Gasteiger partial charge in [-0.25, -0.2) is 0 Å². The van der Waals surface area contributed by atoms with E-state index in [0.29, 0.717) is 24.0 Å². The van der Waals surface area contributed by atoms with Crippen molar-refractivity contribution >= 4 is 81.8 Å². The molecule has 1 saturated heterocycles. The van der Waals surface area contributed by atoms with Gasteiger partial charge in [0.1, 0.15) is 5.75 Å². The van der Waals surface area contributed by atoms with E-state index in [1.807, 2.05) is 83.6 Å². The van der Waals surface area contributed by atoms with Crippen LogP contribution in [0.15, 0.2) is 119 Å². The number of hydrogen-bond acceptors (Lipinski definition) is 7. The van der Waals surface area contributed by atoms with Gasteiger partial charge in [0.05, 0.1) is 23.5 Å². The Morgan fingerprint density at radius 3 is 2.13 bits per heavy atom. The molecule has 1 fully saturated rings. The topological polar surface area (TPSA) is 42.4 Å². The summed E-state index contributed by atoms with van der Waals surface area (Å²) in [5, 5.41) is 11.8. The summed E-state index contributed by atoms with van der Waals surface area (Å²) in [6.07, 6.45) is -3.48. The highest BCUT2D eigenvalue weighted by Crippen LogP contribution is 2.49. The van der Waals surface area contributed by atoms with Gasteiger partial charge in [-0.3, -0.25) is 4.90 Å². The Balaban J connectivity index is 0.000000242. The zero-order chi connectivity index (χ0) is 36.7. The fourth-order valence-corrected chi connectivity index (χ4v) is 7.70. The maximum Gasteiger partial charge on any atom is 0.416 e. The van der Waals surface area contributed by atoms with E-state index in [1.54, 1.807) is 6.07 Å². The lowest BCUT2D eigenvalue weighted by atomic mass is 10.1. The van der Waals surface area contributed by atoms with Gasteiger partial charge in [0.2, 0.25) is 0 Å². The molecule has 13 heteroatoms. The molecule has 0 saturated carbocycles. The maximum atomic E-state index is 13.3. The van der Waals surface area contributed by atoms with E-state index in [2.05, 4.69) is 41.0 Å². The summed E-state index contributed by atoms with van der Waals surface area (Å²) in [6, 6.07) is 34.3. The van der Waals surface area contributed by atoms with Crippen LogP contribution in [0.3, 0.4) is 0 Å². The molecule has 6 nitrogen and oxygen atoms in total. The van der Waals surface area contributed by atoms with Crippen molar-refractivity contribution in [2.24, 2.45) is 0 Å². The molecular weight excluding hydrogens is 773 g/mol. The minimum Gasteiger partial charge on any atom is -0.432 e. The molecule has 0 bridgehead atoms. The number of halogens is 5. The summed E-state index contributed by atoms with van der Waals surface area (Å²) in [7, 11) is 1.91. The van der Waals surface area contributed by atoms with Crippen LogP contribution < -0.4 is 14.5 Å². The Hall–Kier alpha value is -3.55. The third-order valence-electron chi connectivity index (χ3n) is 9.28. The monoisotopic (exact) mass is 816 g/mol. The Morgan fingerprint density at radius 2 is 1.43 bits per heavy atom. The van der Waals surface area contributed by atoms with Crippen LogP contribution in [0.25, 0.3) is 10.8 Å². The number of benzene rings is 5. The Labute approximate surface area is 337 Å². The van der Waals surface area contributed by atoms with Gasteiger partial charge < -0.3 is 24.5 Å². The summed E-state index contributed by atoms with van der Waals surface area (Å²) in [4.78, 5) is 10.5. The van der Waals surface area contributed by atoms with Gasteiger partial charge in [-0.15, -0.1) is 24.8 Å². The number of β-amino-alcohol motifs (C(OH)–C–C–N with tert-alkyl or cyclic N) is 1. The smallest absolute Gasteiger partial charge is 0.416 e. The third kappa shape index (κ3) is 11.0. The molecule has 0 amide bonds. The highest BCUT2D eigenvalue weighted by molar-refractivity contribution is 7.99. The van der Waals surface area contributed by atoms with Gasteiger partial charge in [-0.05, 0) is 103 Å². The van der Waals surface area contributed by atoms with Crippen LogP contribution in [-0.2, 0) is 6.18 Å². The van der Waals surface area contributed by atoms with Gasteiger partial charge in [0.25, 0.3) is 5.17 Å². The van der Waals surface area contributed by atoms with Crippen LogP contribution in [0.1, 0.15) is 17.5 Å². The van der Waals surface area contributed by atoms with E-state index in [-0.39, 0.29) is 31.4 Å². The number of rotatable bonds is 8. The number of aryl methyl sites for hydroxylation is 1. The minimum atomic E-state index is -4.35. The van der Waals surface area contributed by atoms with Gasteiger partial charge in [0, 0.05) is 61.8 Å². The molecule has 1 N–H and O–H groups in total. The second kappa shape index (κ2) is 19.9. The first-order chi connectivity index (χ1) is 25.1. The number of nitrogens with zero attached hydrogens (tertiary/aromatic N) is 4. The van der Waals surface area contributed by atoms with Crippen LogP contribution >= 0.6 is 48.8 Å². The average molecular weight is 818 g/mol. The summed E-state index contributed by atoms with van der Waals surface area (Å²) in [6.45, 7) is 8.35. The standard InChI is InChI=1S/C22H26F3N3OS.C19H17NOS.2ClH/c23-22(24,25)17-6-7-21-19(16-17)28(18-4-1-2-5-20(18)30-21)9-3-8-26-10-12-27(13-11-26)14-15-29;1-14-6-5-9-17(12-14)20(2)19(22)21-18-11-10-15-7-3-4-8-16(15)13-18;;/h1-2,4-7,16,29H,3,8-15H2;3-13H,1-2H3;2*1H. The molecule has 5 aromatic carbocycles. The molecule has 2 aliphatic heterocycles. The number of hydrogen-bond donors (Lipinski definition) is 1. The van der Waals surface area contributed by atoms with Crippen LogP contribution in [0.2, 0.25) is 0 Å². The zero-order valence-electron chi connectivity index (χ0n) is 30.2. The molecule has 2 heterocycles. The predicted molar refractivity (Wildman–Crippen MR) is 225 cm³/mol. The van der Waals surface area contributed by atoms with E-state index in [0.717, 1.165) is 71.4 Å². The first-order valence-corrected chi connectivity index (χ1v) is 18.6. The fourth-order valence-electron chi connectivity index (χ4n) is 6.42. The molecule has 0 unspecified atom stereocenters. The van der Waals surface area contributed by atoms with Crippen molar-refractivity contribution in [3.63, 3.8) is 0 Å². The number of anilines is 3. The lowest BCUT2D eigenvalue weighted by molar-refractivity contribution is -0.137. The van der Waals surface area contributed by atoms with Crippen molar-refractivity contribution in [2.45, 2.75) is 29.3 Å². The second-order valence-electron chi connectivity index (χ2n) is 12.9. The average Bonchev–Trinajstić information content (AvgIpc) is 3.14. The summed E-state index contributed by atoms with van der Waals surface area (Å²) < 4.78 is 45.8. The van der Waals surface area contributed by atoms with Gasteiger partial charge in [-0.2, -0.15) is 13.2 Å². The number of para-hydroxylation sites is 1. The number of piperazine rings is 1. The van der Waals surface area contributed by atoms with E-state index in [1.165, 1.54) is 34.8 Å². The number of aliphatic hydroxyl groups is 1. The van der Waals surface area contributed by atoms with Crippen LogP contribution in [0.5, 0.6) is 5.75 Å². The SMILES string of the molecule is Cc1cccc(N(C)C(=S)Oc2ccc3ccccc3c2)c1.Cl.Cl.OCCN1CCN(CCCN2c3ccccc3Sc3ccc(C(F)(F)F)cc32)CC1. The largest absolute Gasteiger partial charge is 0.432 e. The zero-order valence-corrected chi connectivity index (χ0v) is 33.4. The van der Waals surface area contributed by atoms with Crippen molar-refractivity contribution in [1.29, 1.82) is 0 Å². The molecule has 54 heavy (non-hydrogen) atoms. The van der Waals surface area contributed by atoms with Gasteiger partial charge in [0.15, 0.2) is 0 Å². The molecule has 288 valence electrons. The van der Waals surface area contributed by atoms with Crippen LogP contribution in [0, 0.1) is 6.92 Å². The van der Waals surface area contributed by atoms with Crippen molar-refractivity contribution < 1.29 is 23.0 Å². The molecule has 2 aliphatic rings. The minimum absolute atomic E-state index is 0. The van der Waals surface area contributed by atoms with E-state index >= 15 is 0 Å². The second-order valence-corrected chi connectivity index (χ2v) is 14.4. The van der Waals surface area contributed by atoms with Crippen molar-refractivity contribution in [3.8, 4) is 5.75 Å². The Kier molecular flexibility index (Phi) is 15.9. The maximum absolute atomic E-state index is 13.3. The third-order valence-corrected chi connectivity index (χ3v) is 10.8. The summed E-state index contributed by atoms with van der Waals surface area (Å²) in [5.74, 6) is 0.753. The lowest BCUT2D eigenvalue weighted by Gasteiger charge is -2.36. The van der Waals surface area contributed by atoms with E-state index in [4.69, 9.17) is 22.1 Å². The number of ether oxygens (including phenoxy) is 1. The first kappa shape index (κ1) is 43.2. The molecule has 5 aromatic rings. The summed E-state index contributed by atoms with van der Waals surface area (Å²) >= 11 is 6.94. The van der Waals surface area contributed by atoms with Crippen LogP contribution in [0.4, 0.5) is 30.2 Å². The quantitative estimate of drug-likeness (QED) is 0.155. The van der Waals surface area contributed by atoms with Crippen molar-refractivity contribution in [3.05, 3.63) is 120 Å². The summed E-state index contributed by atoms with van der Waals surface area (Å²) in [5.41, 5.74) is 3.22. The van der Waals surface area contributed by atoms with Crippen LogP contribution in [-0.4, -0.2) is 79.5 Å². The highest BCUT2D eigenvalue weighted by atomic mass is 35.5. The molecule has 7 rings (SSSR count). The number of fused-ring (bicyclic) bond motifs is 3. The number of alkyl halides is 3. The molecule has 0 spiro atoms. The molecule has 0 atom stereocenters. The first-order valence-electron chi connectivity index (χ1n) is 17.4. The number of aliphatic hydroxyl groups excluding tert-OH is 1. The molecule has 0 aliphatic carbocycles. The molecule has 0 aromatic heterocycles. The van der Waals surface area contributed by atoms with Crippen molar-refractivity contribution in [1.82, 2.24) is 9.80 Å². The van der Waals surface area contributed by atoms with E-state index in [9.17, 15) is 13.2 Å². The Morgan fingerprint density at radius 1 is 0.759 bits per heavy atom. The fraction of sp³-hybridized carbons (Fsp3) is 0.293.